The van der Waals surface area contributed by atoms with Crippen LogP contribution in [0.15, 0.2) is 53.4 Å². The second kappa shape index (κ2) is 10.1. The molecule has 0 unspecified atom stereocenters. The van der Waals surface area contributed by atoms with Crippen molar-refractivity contribution in [3.05, 3.63) is 86.2 Å². The number of hydrogen-bond acceptors (Lipinski definition) is 6. The normalized spacial score (nSPS) is 11.4. The first-order valence-electron chi connectivity index (χ1n) is 9.89. The second-order valence-corrected chi connectivity index (χ2v) is 9.45. The van der Waals surface area contributed by atoms with E-state index in [1.165, 1.54) is 12.1 Å². The topological polar surface area (TPSA) is 136 Å². The largest absolute Gasteiger partial charge is 0.351 e. The summed E-state index contributed by atoms with van der Waals surface area (Å²) in [6, 6.07) is 12.6. The molecular formula is C21H22ClN5O5S. The lowest BCUT2D eigenvalue weighted by molar-refractivity contribution is -0.386. The lowest BCUT2D eigenvalue weighted by Crippen LogP contribution is -2.34. The molecule has 0 aliphatic carbocycles. The molecule has 0 aliphatic rings. The maximum Gasteiger partial charge on any atom is 0.312 e. The van der Waals surface area contributed by atoms with Gasteiger partial charge in [-0.05, 0) is 49.7 Å². The first kappa shape index (κ1) is 24.4. The van der Waals surface area contributed by atoms with E-state index in [2.05, 4.69) is 15.1 Å². The summed E-state index contributed by atoms with van der Waals surface area (Å²) in [5.41, 5.74) is 2.02. The molecule has 0 bridgehead atoms. The van der Waals surface area contributed by atoms with Crippen LogP contribution in [0.4, 0.5) is 5.69 Å². The monoisotopic (exact) mass is 491 g/mol. The van der Waals surface area contributed by atoms with Crippen LogP contribution in [0.1, 0.15) is 27.3 Å². The Hall–Kier alpha value is -3.28. The highest BCUT2D eigenvalue weighted by Gasteiger charge is 2.21. The molecular weight excluding hydrogens is 470 g/mol. The molecule has 1 heterocycles. The van der Waals surface area contributed by atoms with Gasteiger partial charge < -0.3 is 5.32 Å². The van der Waals surface area contributed by atoms with Crippen LogP contribution in [0.25, 0.3) is 0 Å². The SMILES string of the molecule is Cc1nn(Cc2ccc(C(=O)NCCNS(=O)(=O)c3cccc(Cl)c3)cc2)c(C)c1[N+](=O)[O-]. The summed E-state index contributed by atoms with van der Waals surface area (Å²) in [4.78, 5) is 23.1. The summed E-state index contributed by atoms with van der Waals surface area (Å²) in [6.45, 7) is 3.66. The first-order valence-corrected chi connectivity index (χ1v) is 11.8. The molecule has 0 spiro atoms. The van der Waals surface area contributed by atoms with Crippen molar-refractivity contribution in [3.8, 4) is 0 Å². The zero-order valence-corrected chi connectivity index (χ0v) is 19.5. The molecule has 33 heavy (non-hydrogen) atoms. The number of nitrogens with zero attached hydrogens (tertiary/aromatic N) is 3. The van der Waals surface area contributed by atoms with E-state index in [9.17, 15) is 23.3 Å². The second-order valence-electron chi connectivity index (χ2n) is 7.24. The maximum absolute atomic E-state index is 12.3. The number of aromatic nitrogens is 2. The van der Waals surface area contributed by atoms with Crippen molar-refractivity contribution in [1.82, 2.24) is 19.8 Å². The first-order chi connectivity index (χ1) is 15.6. The fourth-order valence-electron chi connectivity index (χ4n) is 3.22. The number of hydrogen-bond donors (Lipinski definition) is 2. The fraction of sp³-hybridized carbons (Fsp3) is 0.238. The van der Waals surface area contributed by atoms with E-state index in [1.54, 1.807) is 54.9 Å². The van der Waals surface area contributed by atoms with Crippen molar-refractivity contribution >= 4 is 33.2 Å². The number of rotatable bonds is 9. The molecule has 3 rings (SSSR count). The van der Waals surface area contributed by atoms with Crippen LogP contribution in [-0.2, 0) is 16.6 Å². The average molecular weight is 492 g/mol. The number of carbonyl (C=O) groups is 1. The fourth-order valence-corrected chi connectivity index (χ4v) is 4.55. The molecule has 2 N–H and O–H groups in total. The van der Waals surface area contributed by atoms with Crippen molar-refractivity contribution in [2.75, 3.05) is 13.1 Å². The van der Waals surface area contributed by atoms with Crippen LogP contribution in [0.5, 0.6) is 0 Å². The number of amides is 1. The Morgan fingerprint density at radius 1 is 1.15 bits per heavy atom. The van der Waals surface area contributed by atoms with Gasteiger partial charge in [0.25, 0.3) is 5.91 Å². The smallest absolute Gasteiger partial charge is 0.312 e. The third-order valence-electron chi connectivity index (χ3n) is 4.88. The number of nitro groups is 1. The van der Waals surface area contributed by atoms with Crippen LogP contribution < -0.4 is 10.0 Å². The Balaban J connectivity index is 1.53. The van der Waals surface area contributed by atoms with Crippen molar-refractivity contribution in [2.45, 2.75) is 25.3 Å². The van der Waals surface area contributed by atoms with Gasteiger partial charge in [-0.1, -0.05) is 29.8 Å². The van der Waals surface area contributed by atoms with Crippen LogP contribution >= 0.6 is 11.6 Å². The number of sulfonamides is 1. The molecule has 174 valence electrons. The van der Waals surface area contributed by atoms with Gasteiger partial charge in [-0.2, -0.15) is 5.10 Å². The quantitative estimate of drug-likeness (QED) is 0.268. The van der Waals surface area contributed by atoms with E-state index >= 15 is 0 Å². The zero-order chi connectivity index (χ0) is 24.2. The molecule has 10 nitrogen and oxygen atoms in total. The molecule has 3 aromatic rings. The number of aryl methyl sites for hydroxylation is 1. The molecule has 0 radical (unpaired) electrons. The highest BCUT2D eigenvalue weighted by Crippen LogP contribution is 2.22. The lowest BCUT2D eigenvalue weighted by atomic mass is 10.1. The summed E-state index contributed by atoms with van der Waals surface area (Å²) in [6.07, 6.45) is 0. The van der Waals surface area contributed by atoms with Gasteiger partial charge in [0.15, 0.2) is 0 Å². The van der Waals surface area contributed by atoms with Crippen LogP contribution in [0.2, 0.25) is 5.02 Å². The molecule has 12 heteroatoms. The van der Waals surface area contributed by atoms with Crippen LogP contribution in [0.3, 0.4) is 0 Å². The molecule has 0 atom stereocenters. The standard InChI is InChI=1S/C21H22ClN5O5S/c1-14-20(27(29)30)15(2)26(25-14)13-16-6-8-17(9-7-16)21(28)23-10-11-24-33(31,32)19-5-3-4-18(22)12-19/h3-9,12,24H,10-11,13H2,1-2H3,(H,23,28). The van der Waals surface area contributed by atoms with Gasteiger partial charge in [0.05, 0.1) is 16.4 Å². The van der Waals surface area contributed by atoms with E-state index in [-0.39, 0.29) is 29.6 Å². The van der Waals surface area contributed by atoms with Crippen LogP contribution in [0, 0.1) is 24.0 Å². The number of carbonyl (C=O) groups excluding carboxylic acids is 1. The molecule has 0 saturated carbocycles. The van der Waals surface area contributed by atoms with Gasteiger partial charge >= 0.3 is 5.69 Å². The summed E-state index contributed by atoms with van der Waals surface area (Å²) in [5, 5.41) is 18.3. The Labute approximate surface area is 195 Å². The summed E-state index contributed by atoms with van der Waals surface area (Å²) >= 11 is 5.83. The Kier molecular flexibility index (Phi) is 7.46. The van der Waals surface area contributed by atoms with E-state index in [0.717, 1.165) is 5.56 Å². The van der Waals surface area contributed by atoms with Gasteiger partial charge in [-0.25, -0.2) is 13.1 Å². The Morgan fingerprint density at radius 2 is 1.85 bits per heavy atom. The van der Waals surface area contributed by atoms with Crippen molar-refractivity contribution < 1.29 is 18.1 Å². The minimum atomic E-state index is -3.73. The minimum Gasteiger partial charge on any atom is -0.351 e. The lowest BCUT2D eigenvalue weighted by Gasteiger charge is -2.09. The van der Waals surface area contributed by atoms with Crippen molar-refractivity contribution in [3.63, 3.8) is 0 Å². The average Bonchev–Trinajstić information content (AvgIpc) is 3.04. The van der Waals surface area contributed by atoms with Gasteiger partial charge in [0.2, 0.25) is 10.0 Å². The molecule has 1 aromatic heterocycles. The minimum absolute atomic E-state index is 0.00279. The number of nitrogens with one attached hydrogen (secondary N) is 2. The van der Waals surface area contributed by atoms with Crippen LogP contribution in [-0.4, -0.2) is 42.1 Å². The number of halogens is 1. The van der Waals surface area contributed by atoms with E-state index < -0.39 is 14.9 Å². The third kappa shape index (κ3) is 5.95. The predicted molar refractivity (Wildman–Crippen MR) is 123 cm³/mol. The highest BCUT2D eigenvalue weighted by molar-refractivity contribution is 7.89. The molecule has 2 aromatic carbocycles. The molecule has 1 amide bonds. The van der Waals surface area contributed by atoms with E-state index in [1.807, 2.05) is 0 Å². The van der Waals surface area contributed by atoms with Gasteiger partial charge in [-0.15, -0.1) is 0 Å². The van der Waals surface area contributed by atoms with Crippen molar-refractivity contribution in [1.29, 1.82) is 0 Å². The Bertz CT molecular complexity index is 1290. The summed E-state index contributed by atoms with van der Waals surface area (Å²) in [7, 11) is -3.73. The highest BCUT2D eigenvalue weighted by atomic mass is 35.5. The zero-order valence-electron chi connectivity index (χ0n) is 17.9. The summed E-state index contributed by atoms with van der Waals surface area (Å²) in [5.74, 6) is -0.356. The van der Waals surface area contributed by atoms with Gasteiger partial charge in [0, 0.05) is 23.7 Å². The van der Waals surface area contributed by atoms with E-state index in [0.29, 0.717) is 28.5 Å². The van der Waals surface area contributed by atoms with Gasteiger partial charge in [0.1, 0.15) is 11.4 Å². The summed E-state index contributed by atoms with van der Waals surface area (Å²) < 4.78 is 28.4. The predicted octanol–water partition coefficient (Wildman–Crippen LogP) is 2.82. The van der Waals surface area contributed by atoms with E-state index in [4.69, 9.17) is 11.6 Å². The molecule has 0 aliphatic heterocycles. The molecule has 0 saturated heterocycles. The Morgan fingerprint density at radius 3 is 2.45 bits per heavy atom. The van der Waals surface area contributed by atoms with Gasteiger partial charge in [-0.3, -0.25) is 19.6 Å². The molecule has 0 fully saturated rings. The maximum atomic E-state index is 12.3. The van der Waals surface area contributed by atoms with Crippen molar-refractivity contribution in [2.24, 2.45) is 0 Å². The number of benzene rings is 2. The third-order valence-corrected chi connectivity index (χ3v) is 6.58.